The number of benzene rings is 1. The zero-order chi connectivity index (χ0) is 11.9. The van der Waals surface area contributed by atoms with Gasteiger partial charge < -0.3 is 5.11 Å². The van der Waals surface area contributed by atoms with E-state index in [1.54, 1.807) is 0 Å². The molecule has 0 heterocycles. The highest BCUT2D eigenvalue weighted by Gasteiger charge is 2.51. The van der Waals surface area contributed by atoms with Crippen LogP contribution in [0.4, 0.5) is 17.6 Å². The number of alkyl halides is 3. The Balaban J connectivity index is 3.27. The molecule has 0 spiro atoms. The third kappa shape index (κ3) is 2.28. The second-order valence-corrected chi connectivity index (χ2v) is 3.59. The molecule has 0 fully saturated rings. The Kier molecular flexibility index (Phi) is 2.78. The van der Waals surface area contributed by atoms with E-state index in [1.165, 1.54) is 6.92 Å². The van der Waals surface area contributed by atoms with E-state index in [9.17, 15) is 22.7 Å². The molecule has 1 N–H and O–H groups in total. The molecule has 0 saturated carbocycles. The second kappa shape index (κ2) is 3.48. The van der Waals surface area contributed by atoms with Crippen LogP contribution in [-0.4, -0.2) is 11.3 Å². The molecule has 1 unspecified atom stereocenters. The predicted molar refractivity (Wildman–Crippen MR) is 46.8 cm³/mol. The predicted octanol–water partition coefficient (Wildman–Crippen LogP) is 2.90. The molecule has 1 aromatic carbocycles. The van der Waals surface area contributed by atoms with Crippen LogP contribution in [0.25, 0.3) is 0 Å². The third-order valence-corrected chi connectivity index (χ3v) is 2.16. The summed E-state index contributed by atoms with van der Waals surface area (Å²) in [7, 11) is 0. The lowest BCUT2D eigenvalue weighted by Gasteiger charge is -2.26. The fraction of sp³-hybridized carbons (Fsp3) is 0.400. The summed E-state index contributed by atoms with van der Waals surface area (Å²) in [5.41, 5.74) is -3.19. The second-order valence-electron chi connectivity index (χ2n) is 3.59. The summed E-state index contributed by atoms with van der Waals surface area (Å²) >= 11 is 0. The Morgan fingerprint density at radius 2 is 1.67 bits per heavy atom. The van der Waals surface area contributed by atoms with E-state index in [2.05, 4.69) is 0 Å². The molecule has 1 nitrogen and oxygen atoms in total. The average molecular weight is 222 g/mol. The van der Waals surface area contributed by atoms with Gasteiger partial charge in [-0.15, -0.1) is 0 Å². The Morgan fingerprint density at radius 3 is 2.07 bits per heavy atom. The van der Waals surface area contributed by atoms with Crippen molar-refractivity contribution < 1.29 is 22.7 Å². The Labute approximate surface area is 84.3 Å². The van der Waals surface area contributed by atoms with Crippen molar-refractivity contribution in [3.05, 3.63) is 35.1 Å². The first kappa shape index (κ1) is 12.0. The molecule has 0 aliphatic heterocycles. The van der Waals surface area contributed by atoms with Crippen LogP contribution in [0.3, 0.4) is 0 Å². The number of halogens is 4. The van der Waals surface area contributed by atoms with Gasteiger partial charge in [-0.25, -0.2) is 4.39 Å². The zero-order valence-corrected chi connectivity index (χ0v) is 8.19. The molecule has 0 bridgehead atoms. The van der Waals surface area contributed by atoms with Crippen LogP contribution in [0.1, 0.15) is 18.1 Å². The van der Waals surface area contributed by atoms with Crippen LogP contribution in [0.15, 0.2) is 18.2 Å². The van der Waals surface area contributed by atoms with Crippen molar-refractivity contribution in [2.45, 2.75) is 25.6 Å². The van der Waals surface area contributed by atoms with Crippen molar-refractivity contribution >= 4 is 0 Å². The van der Waals surface area contributed by atoms with Crippen molar-refractivity contribution in [3.63, 3.8) is 0 Å². The highest BCUT2D eigenvalue weighted by Crippen LogP contribution is 2.38. The van der Waals surface area contributed by atoms with Crippen LogP contribution >= 0.6 is 0 Å². The number of hydrogen-bond donors (Lipinski definition) is 1. The summed E-state index contributed by atoms with van der Waals surface area (Å²) in [6.07, 6.45) is -4.83. The van der Waals surface area contributed by atoms with Gasteiger partial charge in [-0.2, -0.15) is 13.2 Å². The summed E-state index contributed by atoms with van der Waals surface area (Å²) < 4.78 is 50.1. The first-order valence-corrected chi connectivity index (χ1v) is 4.21. The molecule has 0 radical (unpaired) electrons. The fourth-order valence-corrected chi connectivity index (χ4v) is 1.18. The van der Waals surface area contributed by atoms with Crippen LogP contribution in [0.2, 0.25) is 0 Å². The van der Waals surface area contributed by atoms with Crippen molar-refractivity contribution in [2.75, 3.05) is 0 Å². The van der Waals surface area contributed by atoms with Crippen molar-refractivity contribution in [1.82, 2.24) is 0 Å². The standard InChI is InChI=1S/C10H10F4O/c1-6-3-7(5-8(11)4-6)9(2,15)10(12,13)14/h3-5,15H,1-2H3. The molecule has 0 amide bonds. The van der Waals surface area contributed by atoms with E-state index >= 15 is 0 Å². The lowest BCUT2D eigenvalue weighted by molar-refractivity contribution is -0.258. The average Bonchev–Trinajstić information content (AvgIpc) is 1.99. The van der Waals surface area contributed by atoms with Crippen LogP contribution in [0, 0.1) is 12.7 Å². The number of hydrogen-bond acceptors (Lipinski definition) is 1. The summed E-state index contributed by atoms with van der Waals surface area (Å²) in [6.45, 7) is 2.06. The normalized spacial score (nSPS) is 16.2. The van der Waals surface area contributed by atoms with E-state index in [0.717, 1.165) is 12.1 Å². The quantitative estimate of drug-likeness (QED) is 0.724. The molecule has 1 aromatic rings. The van der Waals surface area contributed by atoms with Crippen LogP contribution in [-0.2, 0) is 5.60 Å². The molecule has 1 atom stereocenters. The van der Waals surface area contributed by atoms with Crippen molar-refractivity contribution in [3.8, 4) is 0 Å². The topological polar surface area (TPSA) is 20.2 Å². The van der Waals surface area contributed by atoms with Gasteiger partial charge in [0.05, 0.1) is 0 Å². The Morgan fingerprint density at radius 1 is 1.13 bits per heavy atom. The molecule has 0 aromatic heterocycles. The molecule has 15 heavy (non-hydrogen) atoms. The van der Waals surface area contributed by atoms with E-state index in [0.29, 0.717) is 18.6 Å². The van der Waals surface area contributed by atoms with E-state index < -0.39 is 23.2 Å². The Hall–Kier alpha value is -1.10. The van der Waals surface area contributed by atoms with Crippen molar-refractivity contribution in [2.24, 2.45) is 0 Å². The molecule has 0 aliphatic carbocycles. The van der Waals surface area contributed by atoms with E-state index in [4.69, 9.17) is 0 Å². The monoisotopic (exact) mass is 222 g/mol. The first-order chi connectivity index (χ1) is 6.64. The number of aryl methyl sites for hydroxylation is 1. The van der Waals surface area contributed by atoms with Crippen LogP contribution < -0.4 is 0 Å². The zero-order valence-electron chi connectivity index (χ0n) is 8.19. The SMILES string of the molecule is Cc1cc(F)cc(C(C)(O)C(F)(F)F)c1. The van der Waals surface area contributed by atoms with Crippen molar-refractivity contribution in [1.29, 1.82) is 0 Å². The molecular weight excluding hydrogens is 212 g/mol. The summed E-state index contributed by atoms with van der Waals surface area (Å²) in [5, 5.41) is 9.28. The van der Waals surface area contributed by atoms with Gasteiger partial charge in [0.25, 0.3) is 0 Å². The van der Waals surface area contributed by atoms with Gasteiger partial charge in [0.2, 0.25) is 0 Å². The van der Waals surface area contributed by atoms with Gasteiger partial charge in [0.15, 0.2) is 5.60 Å². The number of aliphatic hydroxyl groups is 1. The minimum Gasteiger partial charge on any atom is -0.376 e. The van der Waals surface area contributed by atoms with Gasteiger partial charge in [-0.1, -0.05) is 6.07 Å². The smallest absolute Gasteiger partial charge is 0.376 e. The van der Waals surface area contributed by atoms with Gasteiger partial charge in [-0.05, 0) is 37.1 Å². The van der Waals surface area contributed by atoms with Gasteiger partial charge in [0.1, 0.15) is 5.82 Å². The van der Waals surface area contributed by atoms with E-state index in [1.807, 2.05) is 0 Å². The Bertz CT molecular complexity index is 348. The molecule has 0 saturated heterocycles. The lowest BCUT2D eigenvalue weighted by atomic mass is 9.94. The largest absolute Gasteiger partial charge is 0.421 e. The van der Waals surface area contributed by atoms with Gasteiger partial charge >= 0.3 is 6.18 Å². The fourth-order valence-electron chi connectivity index (χ4n) is 1.18. The summed E-state index contributed by atoms with van der Waals surface area (Å²) in [6, 6.07) is 2.88. The lowest BCUT2D eigenvalue weighted by Crippen LogP contribution is -2.39. The highest BCUT2D eigenvalue weighted by atomic mass is 19.4. The minimum atomic E-state index is -4.83. The molecule has 5 heteroatoms. The maximum absolute atomic E-state index is 12.9. The van der Waals surface area contributed by atoms with Gasteiger partial charge in [0, 0.05) is 0 Å². The van der Waals surface area contributed by atoms with E-state index in [-0.39, 0.29) is 0 Å². The molecule has 0 aliphatic rings. The van der Waals surface area contributed by atoms with Gasteiger partial charge in [-0.3, -0.25) is 0 Å². The van der Waals surface area contributed by atoms with Crippen LogP contribution in [0.5, 0.6) is 0 Å². The summed E-state index contributed by atoms with van der Waals surface area (Å²) in [5.74, 6) is -0.797. The highest BCUT2D eigenvalue weighted by molar-refractivity contribution is 5.29. The third-order valence-electron chi connectivity index (χ3n) is 2.16. The summed E-state index contributed by atoms with van der Waals surface area (Å²) in [4.78, 5) is 0. The maximum atomic E-state index is 12.9. The molecular formula is C10H10F4O. The minimum absolute atomic E-state index is 0.328. The maximum Gasteiger partial charge on any atom is 0.421 e. The number of rotatable bonds is 1. The first-order valence-electron chi connectivity index (χ1n) is 4.21. The molecule has 1 rings (SSSR count). The molecule has 84 valence electrons.